The zero-order valence-corrected chi connectivity index (χ0v) is 37.4. The van der Waals surface area contributed by atoms with Crippen molar-refractivity contribution >= 4 is 19.8 Å². The Balaban J connectivity index is 4.51. The van der Waals surface area contributed by atoms with Gasteiger partial charge in [-0.1, -0.05) is 149 Å². The summed E-state index contributed by atoms with van der Waals surface area (Å²) in [6.45, 7) is 1.99. The van der Waals surface area contributed by atoms with Crippen LogP contribution in [0.5, 0.6) is 0 Å². The molecule has 60 heavy (non-hydrogen) atoms. The van der Waals surface area contributed by atoms with Gasteiger partial charge in [-0.25, -0.2) is 4.57 Å². The molecule has 0 bridgehead atoms. The van der Waals surface area contributed by atoms with Crippen LogP contribution in [0.25, 0.3) is 0 Å². The van der Waals surface area contributed by atoms with Gasteiger partial charge in [0.15, 0.2) is 6.10 Å². The molecule has 0 saturated carbocycles. The van der Waals surface area contributed by atoms with Gasteiger partial charge < -0.3 is 29.7 Å². The lowest BCUT2D eigenvalue weighted by Gasteiger charge is -2.20. The van der Waals surface area contributed by atoms with Gasteiger partial charge in [0, 0.05) is 12.8 Å². The molecule has 0 radical (unpaired) electrons. The summed E-state index contributed by atoms with van der Waals surface area (Å²) >= 11 is 0. The second-order valence-corrected chi connectivity index (χ2v) is 15.6. The Morgan fingerprint density at radius 2 is 1.12 bits per heavy atom. The van der Waals surface area contributed by atoms with Crippen LogP contribution in [-0.4, -0.2) is 76.9 Å². The van der Waals surface area contributed by atoms with Crippen molar-refractivity contribution < 1.29 is 52.9 Å². The predicted molar refractivity (Wildman–Crippen MR) is 243 cm³/mol. The standard InChI is InChI=1S/C48H77O11P/c1-3-5-7-8-9-10-11-12-13-14-15-16-17-18-21-24-27-30-34-38-47(52)56-42-46(43-58-60(54,55)57-41-45(51)40-49)59-48(53)39-35-31-28-25-22-19-20-23-26-29-33-37-44(50)36-32-6-4-2/h5,7,9-10,12-13,15-16,18-21,25-26,28-29,33,37,44-46,49-51H,3-4,6,8,11,14,17,22-24,27,30-32,34-36,38-43H2,1-2H3,(H,54,55)/b7-5-,10-9-,13-12-,16-15-,20-19-,21-18-,28-25-,29-26-,37-33+/t44-,45-,46+/m0/s1. The molecule has 0 aliphatic heterocycles. The molecule has 4 N–H and O–H groups in total. The molecule has 4 atom stereocenters. The third-order valence-electron chi connectivity index (χ3n) is 8.52. The fourth-order valence-corrected chi connectivity index (χ4v) is 5.91. The maximum Gasteiger partial charge on any atom is 0.472 e. The van der Waals surface area contributed by atoms with Crippen LogP contribution in [0.2, 0.25) is 0 Å². The minimum atomic E-state index is -4.66. The number of esters is 2. The maximum absolute atomic E-state index is 12.6. The first-order chi connectivity index (χ1) is 29.1. The van der Waals surface area contributed by atoms with Crippen LogP contribution in [0.3, 0.4) is 0 Å². The Kier molecular flexibility index (Phi) is 39.9. The van der Waals surface area contributed by atoms with Crippen molar-refractivity contribution in [1.82, 2.24) is 0 Å². The number of ether oxygens (including phenoxy) is 2. The lowest BCUT2D eigenvalue weighted by molar-refractivity contribution is -0.161. The van der Waals surface area contributed by atoms with Crippen molar-refractivity contribution in [2.24, 2.45) is 0 Å². The van der Waals surface area contributed by atoms with E-state index in [0.717, 1.165) is 89.9 Å². The molecule has 0 amide bonds. The number of aliphatic hydroxyl groups is 3. The second-order valence-electron chi connectivity index (χ2n) is 14.2. The van der Waals surface area contributed by atoms with Crippen LogP contribution in [-0.2, 0) is 32.7 Å². The van der Waals surface area contributed by atoms with Gasteiger partial charge in [-0.3, -0.25) is 18.6 Å². The first-order valence-corrected chi connectivity index (χ1v) is 23.4. The third-order valence-corrected chi connectivity index (χ3v) is 9.47. The normalized spacial score (nSPS) is 15.4. The summed E-state index contributed by atoms with van der Waals surface area (Å²) in [6.07, 6.45) is 49.5. The quantitative estimate of drug-likeness (QED) is 0.0153. The van der Waals surface area contributed by atoms with Crippen LogP contribution < -0.4 is 0 Å². The van der Waals surface area contributed by atoms with Crippen molar-refractivity contribution in [2.75, 3.05) is 26.4 Å². The monoisotopic (exact) mass is 861 g/mol. The molecule has 0 aliphatic rings. The van der Waals surface area contributed by atoms with Gasteiger partial charge in [0.05, 0.1) is 25.9 Å². The van der Waals surface area contributed by atoms with Gasteiger partial charge in [-0.05, 0) is 83.5 Å². The number of carbonyl (C=O) groups is 2. The number of unbranched alkanes of at least 4 members (excludes halogenated alkanes) is 6. The Morgan fingerprint density at radius 1 is 0.583 bits per heavy atom. The van der Waals surface area contributed by atoms with E-state index in [1.807, 2.05) is 42.5 Å². The average molecular weight is 861 g/mol. The molecule has 0 saturated heterocycles. The highest BCUT2D eigenvalue weighted by Gasteiger charge is 2.27. The van der Waals surface area contributed by atoms with Gasteiger partial charge in [0.25, 0.3) is 0 Å². The molecule has 0 spiro atoms. The summed E-state index contributed by atoms with van der Waals surface area (Å²) in [5.74, 6) is -1.07. The van der Waals surface area contributed by atoms with Crippen LogP contribution in [0, 0.1) is 0 Å². The lowest BCUT2D eigenvalue weighted by atomic mass is 10.1. The van der Waals surface area contributed by atoms with Gasteiger partial charge in [-0.15, -0.1) is 0 Å². The van der Waals surface area contributed by atoms with Crippen LogP contribution in [0.4, 0.5) is 0 Å². The smallest absolute Gasteiger partial charge is 0.462 e. The zero-order chi connectivity index (χ0) is 44.2. The Hall–Kier alpha value is -3.41. The van der Waals surface area contributed by atoms with E-state index in [2.05, 4.69) is 85.2 Å². The van der Waals surface area contributed by atoms with E-state index < -0.39 is 57.9 Å². The molecule has 11 nitrogen and oxygen atoms in total. The molecule has 1 unspecified atom stereocenters. The molecule has 0 heterocycles. The minimum absolute atomic E-state index is 0.0735. The molecule has 0 aliphatic carbocycles. The third kappa shape index (κ3) is 41.3. The summed E-state index contributed by atoms with van der Waals surface area (Å²) in [5.41, 5.74) is 0. The first kappa shape index (κ1) is 56.6. The molecular weight excluding hydrogens is 783 g/mol. The number of rotatable bonds is 39. The van der Waals surface area contributed by atoms with E-state index in [-0.39, 0.29) is 19.4 Å². The van der Waals surface area contributed by atoms with Crippen LogP contribution in [0.1, 0.15) is 136 Å². The number of carbonyl (C=O) groups excluding carboxylic acids is 2. The van der Waals surface area contributed by atoms with E-state index in [1.165, 1.54) is 0 Å². The maximum atomic E-state index is 12.6. The van der Waals surface area contributed by atoms with Crippen molar-refractivity contribution in [2.45, 2.75) is 154 Å². The SMILES string of the molecule is CC/C=C\C/C=C\C/C=C\C/C=C\C/C=C\CCCCCC(=O)OC[C@H](COP(=O)(O)OC[C@@H](O)CO)OC(=O)CCC/C=C\C/C=C\C/C=C\C=C\[C@@H](O)CCCCC. The molecule has 0 fully saturated rings. The summed E-state index contributed by atoms with van der Waals surface area (Å²) < 4.78 is 32.6. The molecule has 0 aromatic carbocycles. The minimum Gasteiger partial charge on any atom is -0.462 e. The average Bonchev–Trinajstić information content (AvgIpc) is 3.23. The van der Waals surface area contributed by atoms with Gasteiger partial charge in [-0.2, -0.15) is 0 Å². The predicted octanol–water partition coefficient (Wildman–Crippen LogP) is 10.7. The summed E-state index contributed by atoms with van der Waals surface area (Å²) in [7, 11) is -4.66. The van der Waals surface area contributed by atoms with Crippen LogP contribution in [0.15, 0.2) is 109 Å². The molecule has 0 aromatic heterocycles. The Morgan fingerprint density at radius 3 is 1.70 bits per heavy atom. The van der Waals surface area contributed by atoms with E-state index in [9.17, 15) is 29.3 Å². The van der Waals surface area contributed by atoms with Gasteiger partial charge >= 0.3 is 19.8 Å². The van der Waals surface area contributed by atoms with Gasteiger partial charge in [0.1, 0.15) is 12.7 Å². The van der Waals surface area contributed by atoms with Gasteiger partial charge in [0.2, 0.25) is 0 Å². The Bertz CT molecular complexity index is 1380. The van der Waals surface area contributed by atoms with E-state index in [0.29, 0.717) is 19.3 Å². The van der Waals surface area contributed by atoms with Crippen molar-refractivity contribution in [3.8, 4) is 0 Å². The van der Waals surface area contributed by atoms with Crippen molar-refractivity contribution in [3.63, 3.8) is 0 Å². The lowest BCUT2D eigenvalue weighted by Crippen LogP contribution is -2.29. The fourth-order valence-electron chi connectivity index (χ4n) is 5.12. The number of phosphoric acid groups is 1. The largest absolute Gasteiger partial charge is 0.472 e. The van der Waals surface area contributed by atoms with Crippen LogP contribution >= 0.6 is 7.82 Å². The highest BCUT2D eigenvalue weighted by molar-refractivity contribution is 7.47. The molecule has 0 aromatic rings. The number of hydrogen-bond acceptors (Lipinski definition) is 10. The second kappa shape index (κ2) is 42.3. The van der Waals surface area contributed by atoms with Crippen molar-refractivity contribution in [1.29, 1.82) is 0 Å². The molecule has 12 heteroatoms. The number of allylic oxidation sites excluding steroid dienone is 17. The first-order valence-electron chi connectivity index (χ1n) is 22.0. The topological polar surface area (TPSA) is 169 Å². The highest BCUT2D eigenvalue weighted by Crippen LogP contribution is 2.43. The fraction of sp³-hybridized carbons (Fsp3) is 0.583. The highest BCUT2D eigenvalue weighted by atomic mass is 31.2. The molecule has 340 valence electrons. The molecule has 0 rings (SSSR count). The summed E-state index contributed by atoms with van der Waals surface area (Å²) in [4.78, 5) is 35.0. The summed E-state index contributed by atoms with van der Waals surface area (Å²) in [6, 6.07) is 0. The van der Waals surface area contributed by atoms with E-state index >= 15 is 0 Å². The molecular formula is C48H77O11P. The zero-order valence-electron chi connectivity index (χ0n) is 36.5. The Labute approximate surface area is 361 Å². The number of hydrogen-bond donors (Lipinski definition) is 4. The number of phosphoric ester groups is 1. The summed E-state index contributed by atoms with van der Waals surface area (Å²) in [5, 5.41) is 28.2. The van der Waals surface area contributed by atoms with E-state index in [1.54, 1.807) is 0 Å². The van der Waals surface area contributed by atoms with Crippen molar-refractivity contribution in [3.05, 3.63) is 109 Å². The number of aliphatic hydroxyl groups excluding tert-OH is 3. The van der Waals surface area contributed by atoms with E-state index in [4.69, 9.17) is 19.1 Å².